The number of phenolic OH excluding ortho intramolecular Hbond substituents is 2. The van der Waals surface area contributed by atoms with E-state index in [2.05, 4.69) is 26.5 Å². The van der Waals surface area contributed by atoms with E-state index < -0.39 is 0 Å². The molecule has 2 aliphatic heterocycles. The molecule has 0 atom stereocenters. The van der Waals surface area contributed by atoms with Gasteiger partial charge in [-0.25, -0.2) is 0 Å². The molecule has 2 aromatic rings. The van der Waals surface area contributed by atoms with Crippen LogP contribution in [-0.4, -0.2) is 85.5 Å². The molecule has 2 heterocycles. The van der Waals surface area contributed by atoms with E-state index in [0.717, 1.165) is 65.4 Å². The lowest BCUT2D eigenvalue weighted by Crippen LogP contribution is -2.50. The molecule has 162 valence electrons. The third-order valence-corrected chi connectivity index (χ3v) is 6.31. The highest BCUT2D eigenvalue weighted by Gasteiger charge is 2.22. The van der Waals surface area contributed by atoms with Gasteiger partial charge in [-0.2, -0.15) is 0 Å². The van der Waals surface area contributed by atoms with Crippen LogP contribution in [0.5, 0.6) is 11.5 Å². The van der Waals surface area contributed by atoms with E-state index in [9.17, 15) is 10.2 Å². The van der Waals surface area contributed by atoms with Gasteiger partial charge in [0.05, 0.1) is 0 Å². The number of phenols is 2. The first-order chi connectivity index (χ1) is 14.6. The quantitative estimate of drug-likeness (QED) is 0.764. The minimum Gasteiger partial charge on any atom is -0.508 e. The highest BCUT2D eigenvalue weighted by atomic mass is 16.3. The number of nitrogens with zero attached hydrogens (tertiary/aromatic N) is 4. The molecule has 0 spiro atoms. The van der Waals surface area contributed by atoms with Crippen LogP contribution in [0.3, 0.4) is 0 Å². The molecule has 0 unspecified atom stereocenters. The van der Waals surface area contributed by atoms with Gasteiger partial charge in [0.15, 0.2) is 0 Å². The molecule has 0 amide bonds. The Balaban J connectivity index is 1.17. The maximum atomic E-state index is 9.47. The fourth-order valence-electron chi connectivity index (χ4n) is 4.64. The van der Waals surface area contributed by atoms with Gasteiger partial charge in [0.25, 0.3) is 0 Å². The number of piperazine rings is 2. The number of aromatic hydroxyl groups is 2. The fraction of sp³-hybridized carbons (Fsp3) is 0.500. The van der Waals surface area contributed by atoms with Crippen molar-refractivity contribution >= 4 is 11.4 Å². The second kappa shape index (κ2) is 9.58. The van der Waals surface area contributed by atoms with E-state index in [-0.39, 0.29) is 0 Å². The molecular weight excluding hydrogens is 376 g/mol. The lowest BCUT2D eigenvalue weighted by molar-refractivity contribution is 0.172. The molecule has 2 fully saturated rings. The Bertz CT molecular complexity index is 712. The van der Waals surface area contributed by atoms with Crippen LogP contribution in [-0.2, 0) is 0 Å². The summed E-state index contributed by atoms with van der Waals surface area (Å²) >= 11 is 0. The summed E-state index contributed by atoms with van der Waals surface area (Å²) in [5, 5.41) is 18.9. The summed E-state index contributed by atoms with van der Waals surface area (Å²) in [6, 6.07) is 15.1. The van der Waals surface area contributed by atoms with Crippen LogP contribution in [0.15, 0.2) is 48.5 Å². The summed E-state index contributed by atoms with van der Waals surface area (Å²) in [6.45, 7) is 13.2. The minimum atomic E-state index is 0.329. The normalized spacial score (nSPS) is 18.9. The summed E-state index contributed by atoms with van der Waals surface area (Å²) in [5.74, 6) is 1.32. The molecule has 0 aliphatic carbocycles. The lowest BCUT2D eigenvalue weighted by atomic mass is 10.1. The molecule has 2 N–H and O–H groups in total. The van der Waals surface area contributed by atoms with Crippen LogP contribution >= 0.6 is 0 Å². The Morgan fingerprint density at radius 1 is 0.600 bits per heavy atom. The molecule has 2 saturated heterocycles. The van der Waals surface area contributed by atoms with Crippen molar-refractivity contribution < 1.29 is 10.2 Å². The molecule has 2 aliphatic rings. The zero-order valence-electron chi connectivity index (χ0n) is 18.0. The first-order valence-corrected chi connectivity index (χ1v) is 11.1. The van der Waals surface area contributed by atoms with Gasteiger partial charge in [-0.3, -0.25) is 9.80 Å². The van der Waals surface area contributed by atoms with Crippen molar-refractivity contribution in [3.8, 4) is 11.5 Å². The third-order valence-electron chi connectivity index (χ3n) is 6.31. The molecule has 0 saturated carbocycles. The van der Waals surface area contributed by atoms with Gasteiger partial charge in [-0.05, 0) is 54.4 Å². The summed E-state index contributed by atoms with van der Waals surface area (Å²) < 4.78 is 0. The van der Waals surface area contributed by atoms with Crippen molar-refractivity contribution in [3.05, 3.63) is 48.5 Å². The lowest BCUT2D eigenvalue weighted by Gasteiger charge is -2.39. The van der Waals surface area contributed by atoms with Crippen LogP contribution in [0.4, 0.5) is 11.4 Å². The second-order valence-corrected chi connectivity index (χ2v) is 8.71. The van der Waals surface area contributed by atoms with Gasteiger partial charge in [-0.1, -0.05) is 6.92 Å². The first-order valence-electron chi connectivity index (χ1n) is 11.1. The number of benzene rings is 2. The van der Waals surface area contributed by atoms with Crippen LogP contribution in [0.25, 0.3) is 0 Å². The Morgan fingerprint density at radius 2 is 0.933 bits per heavy atom. The first kappa shape index (κ1) is 20.8. The highest BCUT2D eigenvalue weighted by molar-refractivity contribution is 5.50. The van der Waals surface area contributed by atoms with Crippen LogP contribution in [0, 0.1) is 5.92 Å². The van der Waals surface area contributed by atoms with Crippen molar-refractivity contribution in [2.24, 2.45) is 5.92 Å². The monoisotopic (exact) mass is 410 g/mol. The van der Waals surface area contributed by atoms with Crippen molar-refractivity contribution in [2.75, 3.05) is 75.2 Å². The molecule has 6 heteroatoms. The van der Waals surface area contributed by atoms with E-state index in [4.69, 9.17) is 0 Å². The molecule has 30 heavy (non-hydrogen) atoms. The third kappa shape index (κ3) is 5.37. The van der Waals surface area contributed by atoms with Gasteiger partial charge < -0.3 is 20.0 Å². The standard InChI is InChI=1S/C24H34N4O2/c1-20(18-25-10-14-27(15-11-25)21-2-6-23(29)7-3-21)19-26-12-16-28(17-13-26)22-4-8-24(30)9-5-22/h2-9,20,29-30H,10-19H2,1H3. The van der Waals surface area contributed by atoms with E-state index in [1.807, 2.05) is 24.3 Å². The zero-order valence-corrected chi connectivity index (χ0v) is 18.0. The van der Waals surface area contributed by atoms with E-state index in [1.165, 1.54) is 11.4 Å². The predicted octanol–water partition coefficient (Wildman–Crippen LogP) is 2.68. The molecule has 0 aromatic heterocycles. The minimum absolute atomic E-state index is 0.329. The number of hydrogen-bond acceptors (Lipinski definition) is 6. The fourth-order valence-corrected chi connectivity index (χ4v) is 4.64. The van der Waals surface area contributed by atoms with Gasteiger partial charge in [0.1, 0.15) is 11.5 Å². The Labute approximate surface area is 179 Å². The Kier molecular flexibility index (Phi) is 6.65. The van der Waals surface area contributed by atoms with Crippen molar-refractivity contribution in [3.63, 3.8) is 0 Å². The highest BCUT2D eigenvalue weighted by Crippen LogP contribution is 2.21. The maximum absolute atomic E-state index is 9.47. The molecular formula is C24H34N4O2. The van der Waals surface area contributed by atoms with Gasteiger partial charge >= 0.3 is 0 Å². The largest absolute Gasteiger partial charge is 0.508 e. The summed E-state index contributed by atoms with van der Waals surface area (Å²) in [5.41, 5.74) is 2.40. The Morgan fingerprint density at radius 3 is 1.27 bits per heavy atom. The predicted molar refractivity (Wildman–Crippen MR) is 123 cm³/mol. The second-order valence-electron chi connectivity index (χ2n) is 8.71. The van der Waals surface area contributed by atoms with Gasteiger partial charge in [0.2, 0.25) is 0 Å². The number of anilines is 2. The van der Waals surface area contributed by atoms with E-state index >= 15 is 0 Å². The van der Waals surface area contributed by atoms with Crippen LogP contribution in [0.2, 0.25) is 0 Å². The topological polar surface area (TPSA) is 53.4 Å². The molecule has 0 radical (unpaired) electrons. The van der Waals surface area contributed by atoms with Crippen molar-refractivity contribution in [1.29, 1.82) is 0 Å². The van der Waals surface area contributed by atoms with E-state index in [1.54, 1.807) is 24.3 Å². The summed E-state index contributed by atoms with van der Waals surface area (Å²) in [6.07, 6.45) is 0. The van der Waals surface area contributed by atoms with Crippen molar-refractivity contribution in [2.45, 2.75) is 6.92 Å². The SMILES string of the molecule is CC(CN1CCN(c2ccc(O)cc2)CC1)CN1CCN(c2ccc(O)cc2)CC1. The number of hydrogen-bond donors (Lipinski definition) is 2. The van der Waals surface area contributed by atoms with Crippen LogP contribution in [0.1, 0.15) is 6.92 Å². The Hall–Kier alpha value is -2.44. The summed E-state index contributed by atoms with van der Waals surface area (Å²) in [7, 11) is 0. The smallest absolute Gasteiger partial charge is 0.115 e. The van der Waals surface area contributed by atoms with Gasteiger partial charge in [0, 0.05) is 76.8 Å². The molecule has 6 nitrogen and oxygen atoms in total. The molecule has 2 aromatic carbocycles. The average molecular weight is 411 g/mol. The van der Waals surface area contributed by atoms with Crippen LogP contribution < -0.4 is 9.80 Å². The number of rotatable bonds is 6. The zero-order chi connectivity index (χ0) is 20.9. The summed E-state index contributed by atoms with van der Waals surface area (Å²) in [4.78, 5) is 9.99. The average Bonchev–Trinajstić information content (AvgIpc) is 2.76. The van der Waals surface area contributed by atoms with E-state index in [0.29, 0.717) is 17.4 Å². The molecule has 0 bridgehead atoms. The maximum Gasteiger partial charge on any atom is 0.115 e. The van der Waals surface area contributed by atoms with Gasteiger partial charge in [-0.15, -0.1) is 0 Å². The molecule has 4 rings (SSSR count). The van der Waals surface area contributed by atoms with Crippen molar-refractivity contribution in [1.82, 2.24) is 9.80 Å².